The van der Waals surface area contributed by atoms with E-state index < -0.39 is 33.1 Å². The molecule has 0 amide bonds. The molecule has 2 unspecified atom stereocenters. The molecule has 1 aliphatic carbocycles. The van der Waals surface area contributed by atoms with Crippen LogP contribution in [0.5, 0.6) is 5.75 Å². The minimum absolute atomic E-state index is 0.0994. The highest BCUT2D eigenvalue weighted by Crippen LogP contribution is 2.65. The van der Waals surface area contributed by atoms with Gasteiger partial charge in [0, 0.05) is 23.7 Å². The van der Waals surface area contributed by atoms with Gasteiger partial charge in [-0.3, -0.25) is 4.79 Å². The molecule has 4 atom stereocenters. The first-order valence-electron chi connectivity index (χ1n) is 12.4. The molecule has 194 valence electrons. The van der Waals surface area contributed by atoms with E-state index in [0.29, 0.717) is 30.7 Å². The second-order valence-electron chi connectivity index (χ2n) is 10.4. The first kappa shape index (κ1) is 22.5. The number of hydrogen-bond donors (Lipinski definition) is 0. The van der Waals surface area contributed by atoms with E-state index in [1.807, 2.05) is 13.0 Å². The number of benzene rings is 2. The predicted molar refractivity (Wildman–Crippen MR) is 139 cm³/mol. The molecule has 0 radical (unpaired) electrons. The van der Waals surface area contributed by atoms with Crippen molar-refractivity contribution in [1.82, 2.24) is 3.97 Å². The van der Waals surface area contributed by atoms with Crippen LogP contribution in [0.2, 0.25) is 0 Å². The van der Waals surface area contributed by atoms with Crippen LogP contribution in [0.15, 0.2) is 53.1 Å². The highest BCUT2D eigenvalue weighted by atomic mass is 32.2. The molecule has 38 heavy (non-hydrogen) atoms. The highest BCUT2D eigenvalue weighted by molar-refractivity contribution is 8.15. The van der Waals surface area contributed by atoms with Crippen LogP contribution in [0.4, 0.5) is 10.5 Å². The Balaban J connectivity index is 1.44. The minimum Gasteiger partial charge on any atom is -0.494 e. The van der Waals surface area contributed by atoms with Gasteiger partial charge in [-0.2, -0.15) is 0 Å². The molecular weight excluding hydrogens is 528 g/mol. The molecule has 8 rings (SSSR count). The van der Waals surface area contributed by atoms with Gasteiger partial charge in [0.1, 0.15) is 11.3 Å². The molecule has 4 aliphatic heterocycles. The molecule has 11 heteroatoms. The van der Waals surface area contributed by atoms with Gasteiger partial charge >= 0.3 is 6.16 Å². The standard InChI is InChI=1S/C27H22N2O7S2/c1-13-3-5-15(6-4-13)38(32,33)29-12-14-7-8-28-18-11-27(16-9-19(34-2)23(29)21(14)22(16)28)17(10-20(30)37-27)24-25(18)36-26(31)35-24/h3-6,9-10,12,18,24-25H,7-8,11H2,1-2H3/t18-,24?,25?,27+/m1/s1. The number of fused-ring (bicyclic) bond motifs is 5. The lowest BCUT2D eigenvalue weighted by molar-refractivity contribution is -0.106. The van der Waals surface area contributed by atoms with Gasteiger partial charge in [-0.1, -0.05) is 29.5 Å². The van der Waals surface area contributed by atoms with Crippen molar-refractivity contribution in [2.45, 2.75) is 47.7 Å². The summed E-state index contributed by atoms with van der Waals surface area (Å²) in [6, 6.07) is 8.45. The fourth-order valence-electron chi connectivity index (χ4n) is 6.97. The molecule has 1 saturated carbocycles. The topological polar surface area (TPSA) is 104 Å². The number of aromatic nitrogens is 1. The summed E-state index contributed by atoms with van der Waals surface area (Å²) in [5.41, 5.74) is 4.83. The zero-order valence-corrected chi connectivity index (χ0v) is 22.1. The first-order chi connectivity index (χ1) is 18.2. The quantitative estimate of drug-likeness (QED) is 0.452. The molecule has 1 saturated heterocycles. The SMILES string of the molecule is COc1cc2c3c4c(cn(S(=O)(=O)c5ccc(C)cc5)c14)CCN3[C@@H]1C[C@]23SC(=O)C=C3C2OC(=O)OC21. The van der Waals surface area contributed by atoms with Gasteiger partial charge < -0.3 is 19.1 Å². The van der Waals surface area contributed by atoms with Crippen LogP contribution < -0.4 is 9.64 Å². The number of thioether (sulfide) groups is 1. The largest absolute Gasteiger partial charge is 0.509 e. The van der Waals surface area contributed by atoms with E-state index in [9.17, 15) is 18.0 Å². The number of carbonyl (C=O) groups excluding carboxylic acids is 2. The Morgan fingerprint density at radius 3 is 2.71 bits per heavy atom. The number of ether oxygens (including phenoxy) is 3. The molecule has 9 nitrogen and oxygen atoms in total. The van der Waals surface area contributed by atoms with Gasteiger partial charge in [0.15, 0.2) is 12.2 Å². The van der Waals surface area contributed by atoms with Gasteiger partial charge in [0.05, 0.1) is 28.5 Å². The minimum atomic E-state index is -3.92. The van der Waals surface area contributed by atoms with Crippen molar-refractivity contribution in [3.8, 4) is 5.75 Å². The summed E-state index contributed by atoms with van der Waals surface area (Å²) in [5, 5.41) is 0.700. The Morgan fingerprint density at radius 1 is 1.16 bits per heavy atom. The van der Waals surface area contributed by atoms with E-state index in [4.69, 9.17) is 14.2 Å². The third kappa shape index (κ3) is 2.61. The second kappa shape index (κ2) is 7.15. The lowest BCUT2D eigenvalue weighted by Crippen LogP contribution is -2.61. The summed E-state index contributed by atoms with van der Waals surface area (Å²) in [4.78, 5) is 27.5. The Kier molecular flexibility index (Phi) is 4.24. The predicted octanol–water partition coefficient (Wildman–Crippen LogP) is 3.64. The third-order valence-corrected chi connectivity index (χ3v) is 11.5. The zero-order valence-electron chi connectivity index (χ0n) is 20.5. The molecule has 0 N–H and O–H groups in total. The Hall–Kier alpha value is -3.44. The second-order valence-corrected chi connectivity index (χ2v) is 13.5. The van der Waals surface area contributed by atoms with Crippen molar-refractivity contribution in [2.24, 2.45) is 0 Å². The number of nitrogens with zero attached hydrogens (tertiary/aromatic N) is 2. The molecule has 2 aromatic carbocycles. The Bertz CT molecular complexity index is 1760. The third-order valence-electron chi connectivity index (χ3n) is 8.55. The van der Waals surface area contributed by atoms with Crippen LogP contribution in [0, 0.1) is 6.92 Å². The average Bonchev–Trinajstić information content (AvgIpc) is 3.57. The number of carbonyl (C=O) groups is 2. The van der Waals surface area contributed by atoms with Crippen molar-refractivity contribution in [3.63, 3.8) is 0 Å². The summed E-state index contributed by atoms with van der Waals surface area (Å²) in [5.74, 6) is 0.413. The molecular formula is C27H22N2O7S2. The molecule has 1 spiro atoms. The van der Waals surface area contributed by atoms with Crippen LogP contribution in [0.1, 0.15) is 23.1 Å². The van der Waals surface area contributed by atoms with E-state index in [2.05, 4.69) is 4.90 Å². The fourth-order valence-corrected chi connectivity index (χ4v) is 9.70. The summed E-state index contributed by atoms with van der Waals surface area (Å²) in [6.45, 7) is 2.53. The van der Waals surface area contributed by atoms with Crippen molar-refractivity contribution in [1.29, 1.82) is 0 Å². The lowest BCUT2D eigenvalue weighted by Gasteiger charge is -2.54. The van der Waals surface area contributed by atoms with Crippen LogP contribution in [0.3, 0.4) is 0 Å². The van der Waals surface area contributed by atoms with Gasteiger partial charge in [0.2, 0.25) is 5.12 Å². The van der Waals surface area contributed by atoms with Crippen molar-refractivity contribution in [2.75, 3.05) is 18.6 Å². The van der Waals surface area contributed by atoms with Gasteiger partial charge in [0.25, 0.3) is 10.0 Å². The Labute approximate surface area is 222 Å². The number of anilines is 1. The average molecular weight is 551 g/mol. The van der Waals surface area contributed by atoms with Gasteiger partial charge in [-0.05, 0) is 55.2 Å². The normalized spacial score (nSPS) is 28.5. The monoisotopic (exact) mass is 550 g/mol. The van der Waals surface area contributed by atoms with Crippen molar-refractivity contribution in [3.05, 3.63) is 64.9 Å². The Morgan fingerprint density at radius 2 is 1.95 bits per heavy atom. The van der Waals surface area contributed by atoms with Crippen molar-refractivity contribution < 1.29 is 32.2 Å². The number of hydrogen-bond acceptors (Lipinski definition) is 9. The smallest absolute Gasteiger partial charge is 0.494 e. The molecule has 2 fully saturated rings. The molecule has 1 aromatic heterocycles. The number of methoxy groups -OCH3 is 1. The molecule has 5 heterocycles. The maximum atomic E-state index is 13.9. The molecule has 5 aliphatic rings. The fraction of sp³-hybridized carbons (Fsp3) is 0.333. The first-order valence-corrected chi connectivity index (χ1v) is 14.7. The highest BCUT2D eigenvalue weighted by Gasteiger charge is 2.65. The molecule has 3 aromatic rings. The maximum absolute atomic E-state index is 13.9. The zero-order chi connectivity index (χ0) is 26.1. The molecule has 2 bridgehead atoms. The van der Waals surface area contributed by atoms with Crippen LogP contribution >= 0.6 is 11.8 Å². The summed E-state index contributed by atoms with van der Waals surface area (Å²) in [6.07, 6.45) is 2.56. The summed E-state index contributed by atoms with van der Waals surface area (Å²) < 4.78 is 45.5. The van der Waals surface area contributed by atoms with Crippen LogP contribution in [-0.2, 0) is 35.5 Å². The van der Waals surface area contributed by atoms with E-state index in [1.165, 1.54) is 22.8 Å². The van der Waals surface area contributed by atoms with E-state index in [0.717, 1.165) is 33.3 Å². The summed E-state index contributed by atoms with van der Waals surface area (Å²) in [7, 11) is -2.40. The number of rotatable bonds is 3. The van der Waals surface area contributed by atoms with Gasteiger partial charge in [-0.15, -0.1) is 0 Å². The lowest BCUT2D eigenvalue weighted by atomic mass is 9.68. The van der Waals surface area contributed by atoms with E-state index in [-0.39, 0.29) is 16.1 Å². The number of aryl methyl sites for hydroxylation is 1. The van der Waals surface area contributed by atoms with E-state index in [1.54, 1.807) is 36.5 Å². The van der Waals surface area contributed by atoms with Gasteiger partial charge in [-0.25, -0.2) is 17.2 Å². The maximum Gasteiger partial charge on any atom is 0.509 e. The van der Waals surface area contributed by atoms with Crippen LogP contribution in [0.25, 0.3) is 10.9 Å². The van der Waals surface area contributed by atoms with Crippen molar-refractivity contribution >= 4 is 49.6 Å². The summed E-state index contributed by atoms with van der Waals surface area (Å²) >= 11 is 1.23. The van der Waals surface area contributed by atoms with E-state index >= 15 is 0 Å². The van der Waals surface area contributed by atoms with Crippen LogP contribution in [-0.4, -0.2) is 55.6 Å².